The second-order valence-corrected chi connectivity index (χ2v) is 9.57. The highest BCUT2D eigenvalue weighted by molar-refractivity contribution is 5.92. The predicted molar refractivity (Wildman–Crippen MR) is 156 cm³/mol. The maximum atomic E-state index is 12.6. The van der Waals surface area contributed by atoms with Gasteiger partial charge in [-0.05, 0) is 100 Å². The molecule has 8 heteroatoms. The van der Waals surface area contributed by atoms with Crippen molar-refractivity contribution in [3.05, 3.63) is 107 Å². The van der Waals surface area contributed by atoms with Crippen LogP contribution in [-0.2, 0) is 13.0 Å². The van der Waals surface area contributed by atoms with E-state index in [1.807, 2.05) is 44.2 Å². The second kappa shape index (κ2) is 12.9. The van der Waals surface area contributed by atoms with E-state index >= 15 is 0 Å². The number of hydrogen-bond acceptors (Lipinski definition) is 6. The minimum Gasteiger partial charge on any atom is -0.493 e. The number of ether oxygens (including phenoxy) is 3. The van der Waals surface area contributed by atoms with E-state index in [2.05, 4.69) is 47.7 Å². The summed E-state index contributed by atoms with van der Waals surface area (Å²) in [5.41, 5.74) is 7.56. The van der Waals surface area contributed by atoms with E-state index < -0.39 is 5.91 Å². The van der Waals surface area contributed by atoms with Gasteiger partial charge in [0.15, 0.2) is 17.3 Å². The lowest BCUT2D eigenvalue weighted by Crippen LogP contribution is -2.17. The molecule has 0 radical (unpaired) electrons. The van der Waals surface area contributed by atoms with Crippen molar-refractivity contribution in [1.29, 1.82) is 0 Å². The lowest BCUT2D eigenvalue weighted by Gasteiger charge is -2.17. The summed E-state index contributed by atoms with van der Waals surface area (Å²) in [6, 6.07) is 19.0. The molecule has 4 aromatic rings. The molecule has 0 spiro atoms. The molecular weight excluding hydrogens is 506 g/mol. The van der Waals surface area contributed by atoms with Crippen molar-refractivity contribution in [3.8, 4) is 22.9 Å². The molecule has 2 heterocycles. The Hall–Kier alpha value is -4.72. The van der Waals surface area contributed by atoms with Crippen LogP contribution in [0, 0.1) is 13.8 Å². The van der Waals surface area contributed by atoms with Gasteiger partial charge in [0, 0.05) is 22.6 Å². The number of aromatic nitrogens is 1. The number of methoxy groups -OCH3 is 1. The molecule has 0 aliphatic heterocycles. The van der Waals surface area contributed by atoms with Crippen molar-refractivity contribution < 1.29 is 23.4 Å². The van der Waals surface area contributed by atoms with Crippen LogP contribution in [0.25, 0.3) is 5.69 Å². The highest BCUT2D eigenvalue weighted by Gasteiger charge is 2.14. The summed E-state index contributed by atoms with van der Waals surface area (Å²) >= 11 is 0. The van der Waals surface area contributed by atoms with Gasteiger partial charge < -0.3 is 23.2 Å². The van der Waals surface area contributed by atoms with Crippen molar-refractivity contribution in [1.82, 2.24) is 9.99 Å². The monoisotopic (exact) mass is 541 g/mol. The van der Waals surface area contributed by atoms with Gasteiger partial charge in [0.2, 0.25) is 0 Å². The van der Waals surface area contributed by atoms with Crippen molar-refractivity contribution in [3.63, 3.8) is 0 Å². The van der Waals surface area contributed by atoms with Crippen LogP contribution in [0.1, 0.15) is 52.7 Å². The molecule has 208 valence electrons. The van der Waals surface area contributed by atoms with Gasteiger partial charge in [-0.15, -0.1) is 6.58 Å². The summed E-state index contributed by atoms with van der Waals surface area (Å²) in [6.45, 7) is 12.1. The maximum Gasteiger partial charge on any atom is 0.307 e. The first kappa shape index (κ1) is 28.3. The predicted octanol–water partition coefficient (Wildman–Crippen LogP) is 6.55. The molecule has 1 amide bonds. The van der Waals surface area contributed by atoms with Crippen LogP contribution < -0.4 is 19.6 Å². The number of nitrogens with one attached hydrogen (secondary N) is 1. The molecule has 0 saturated carbocycles. The Balaban J connectivity index is 1.35. The first-order chi connectivity index (χ1) is 19.3. The van der Waals surface area contributed by atoms with Crippen LogP contribution in [0.3, 0.4) is 0 Å². The molecule has 0 fully saturated rings. The molecule has 0 atom stereocenters. The van der Waals surface area contributed by atoms with Gasteiger partial charge in [-0.3, -0.25) is 4.79 Å². The van der Waals surface area contributed by atoms with Crippen molar-refractivity contribution in [2.24, 2.45) is 5.10 Å². The van der Waals surface area contributed by atoms with Crippen LogP contribution in [0.15, 0.2) is 82.8 Å². The summed E-state index contributed by atoms with van der Waals surface area (Å²) in [7, 11) is 1.58. The summed E-state index contributed by atoms with van der Waals surface area (Å²) in [5, 5.41) is 4.09. The molecule has 8 nitrogen and oxygen atoms in total. The number of rotatable bonds is 12. The van der Waals surface area contributed by atoms with Crippen LogP contribution in [0.4, 0.5) is 0 Å². The smallest absolute Gasteiger partial charge is 0.307 e. The minimum atomic E-state index is -0.470. The van der Waals surface area contributed by atoms with Crippen molar-refractivity contribution in [2.45, 2.75) is 46.8 Å². The first-order valence-corrected chi connectivity index (χ1v) is 13.1. The van der Waals surface area contributed by atoms with Crippen LogP contribution in [-0.4, -0.2) is 29.9 Å². The Morgan fingerprint density at radius 2 is 1.80 bits per heavy atom. The van der Waals surface area contributed by atoms with Gasteiger partial charge in [-0.2, -0.15) is 5.10 Å². The Bertz CT molecular complexity index is 1480. The van der Waals surface area contributed by atoms with Gasteiger partial charge in [0.1, 0.15) is 18.1 Å². The summed E-state index contributed by atoms with van der Waals surface area (Å²) in [5.74, 6) is 2.15. The minimum absolute atomic E-state index is 0.0100. The topological polar surface area (TPSA) is 87.2 Å². The zero-order chi connectivity index (χ0) is 28.6. The number of amides is 1. The Labute approximate surface area is 234 Å². The third-order valence-electron chi connectivity index (χ3n) is 6.10. The number of carbonyl (C=O) groups is 1. The largest absolute Gasteiger partial charge is 0.493 e. The molecule has 0 aliphatic carbocycles. The summed E-state index contributed by atoms with van der Waals surface area (Å²) in [6.07, 6.45) is 3.92. The van der Waals surface area contributed by atoms with E-state index in [1.165, 1.54) is 11.4 Å². The lowest BCUT2D eigenvalue weighted by molar-refractivity contribution is 0.0923. The van der Waals surface area contributed by atoms with Crippen LogP contribution in [0.2, 0.25) is 0 Å². The molecule has 0 bridgehead atoms. The second-order valence-electron chi connectivity index (χ2n) is 9.57. The molecule has 0 saturated heterocycles. The fourth-order valence-corrected chi connectivity index (χ4v) is 4.31. The van der Waals surface area contributed by atoms with E-state index in [0.29, 0.717) is 29.4 Å². The molecule has 0 unspecified atom stereocenters. The number of allylic oxidation sites excluding steroid dienone is 1. The number of hydrazone groups is 1. The lowest BCUT2D eigenvalue weighted by atomic mass is 10.1. The number of carbonyl (C=O) groups excluding carboxylic acids is 1. The molecule has 2 aromatic carbocycles. The SMILES string of the molecule is C=CCc1cc(/C=N/NC(=O)c2ccc(COc3ccc(-n4c(C)ccc4C)cc3)o2)cc(OC)c1OC(C)C. The van der Waals surface area contributed by atoms with Crippen LogP contribution in [0.5, 0.6) is 17.2 Å². The van der Waals surface area contributed by atoms with Gasteiger partial charge in [0.05, 0.1) is 19.4 Å². The Morgan fingerprint density at radius 3 is 2.45 bits per heavy atom. The number of benzene rings is 2. The summed E-state index contributed by atoms with van der Waals surface area (Å²) in [4.78, 5) is 12.6. The van der Waals surface area contributed by atoms with Gasteiger partial charge in [-0.25, -0.2) is 5.43 Å². The highest BCUT2D eigenvalue weighted by Crippen LogP contribution is 2.34. The van der Waals surface area contributed by atoms with Crippen molar-refractivity contribution >= 4 is 12.1 Å². The third-order valence-corrected chi connectivity index (χ3v) is 6.10. The summed E-state index contributed by atoms with van der Waals surface area (Å²) < 4.78 is 25.2. The fourth-order valence-electron chi connectivity index (χ4n) is 4.31. The van der Waals surface area contributed by atoms with E-state index in [0.717, 1.165) is 16.8 Å². The zero-order valence-corrected chi connectivity index (χ0v) is 23.6. The molecular formula is C32H35N3O5. The Morgan fingerprint density at radius 1 is 1.07 bits per heavy atom. The quantitative estimate of drug-likeness (QED) is 0.125. The van der Waals surface area contributed by atoms with E-state index in [4.69, 9.17) is 18.6 Å². The molecule has 2 aromatic heterocycles. The van der Waals surface area contributed by atoms with E-state index in [9.17, 15) is 4.79 Å². The molecule has 40 heavy (non-hydrogen) atoms. The zero-order valence-electron chi connectivity index (χ0n) is 23.6. The number of aryl methyl sites for hydroxylation is 2. The normalized spacial score (nSPS) is 11.2. The van der Waals surface area contributed by atoms with Gasteiger partial charge in [0.25, 0.3) is 0 Å². The standard InChI is InChI=1S/C32H35N3O5/c1-7-8-25-17-24(18-30(37-6)31(25)39-21(2)3)19-33-34-32(36)29-16-15-28(40-29)20-38-27-13-11-26(12-14-27)35-22(4)9-10-23(35)5/h7,9-19,21H,1,8,20H2,2-6H3,(H,34,36)/b33-19+. The molecule has 4 rings (SSSR count). The van der Waals surface area contributed by atoms with Gasteiger partial charge >= 0.3 is 5.91 Å². The highest BCUT2D eigenvalue weighted by atomic mass is 16.5. The van der Waals surface area contributed by atoms with E-state index in [-0.39, 0.29) is 18.5 Å². The maximum absolute atomic E-state index is 12.6. The first-order valence-electron chi connectivity index (χ1n) is 13.1. The number of nitrogens with zero attached hydrogens (tertiary/aromatic N) is 2. The fraction of sp³-hybridized carbons (Fsp3) is 0.250. The molecule has 0 aliphatic rings. The third kappa shape index (κ3) is 6.83. The van der Waals surface area contributed by atoms with E-state index in [1.54, 1.807) is 37.6 Å². The van der Waals surface area contributed by atoms with Crippen molar-refractivity contribution in [2.75, 3.05) is 7.11 Å². The van der Waals surface area contributed by atoms with Crippen LogP contribution >= 0.6 is 0 Å². The molecule has 1 N–H and O–H groups in total. The number of hydrogen-bond donors (Lipinski definition) is 1. The average molecular weight is 542 g/mol. The Kier molecular flexibility index (Phi) is 9.11. The average Bonchev–Trinajstić information content (AvgIpc) is 3.55. The van der Waals surface area contributed by atoms with Gasteiger partial charge in [-0.1, -0.05) is 6.08 Å². The number of furan rings is 1.